The fraction of sp³-hybridized carbons (Fsp3) is 0.381. The van der Waals surface area contributed by atoms with Crippen molar-refractivity contribution >= 4 is 11.8 Å². The van der Waals surface area contributed by atoms with E-state index >= 15 is 0 Å². The van der Waals surface area contributed by atoms with Gasteiger partial charge in [-0.3, -0.25) is 14.6 Å². The molecule has 0 radical (unpaired) electrons. The average molecular weight is 367 g/mol. The Labute approximate surface area is 159 Å². The molecule has 1 aliphatic rings. The number of hydrogen-bond acceptors (Lipinski definition) is 4. The summed E-state index contributed by atoms with van der Waals surface area (Å²) in [7, 11) is 0. The minimum Gasteiger partial charge on any atom is -0.376 e. The summed E-state index contributed by atoms with van der Waals surface area (Å²) < 4.78 is 5.53. The Morgan fingerprint density at radius 2 is 1.93 bits per heavy atom. The van der Waals surface area contributed by atoms with E-state index in [4.69, 9.17) is 4.74 Å². The lowest BCUT2D eigenvalue weighted by Crippen LogP contribution is -2.32. The fourth-order valence-electron chi connectivity index (χ4n) is 3.09. The molecule has 142 valence electrons. The molecule has 0 saturated carbocycles. The molecule has 1 aliphatic heterocycles. The first-order valence-electron chi connectivity index (χ1n) is 9.24. The van der Waals surface area contributed by atoms with Crippen LogP contribution < -0.4 is 10.6 Å². The van der Waals surface area contributed by atoms with E-state index < -0.39 is 0 Å². The molecule has 6 nitrogen and oxygen atoms in total. The summed E-state index contributed by atoms with van der Waals surface area (Å²) in [5.74, 6) is -0.169. The van der Waals surface area contributed by atoms with Gasteiger partial charge in [-0.2, -0.15) is 0 Å². The Balaban J connectivity index is 1.64. The van der Waals surface area contributed by atoms with Gasteiger partial charge in [-0.15, -0.1) is 0 Å². The molecule has 1 unspecified atom stereocenters. The second-order valence-corrected chi connectivity index (χ2v) is 6.78. The summed E-state index contributed by atoms with van der Waals surface area (Å²) in [6, 6.07) is 11.5. The minimum absolute atomic E-state index is 0.0512. The zero-order valence-electron chi connectivity index (χ0n) is 15.7. The lowest BCUT2D eigenvalue weighted by atomic mass is 10.1. The smallest absolute Gasteiger partial charge is 0.253 e. The van der Waals surface area contributed by atoms with Gasteiger partial charge >= 0.3 is 0 Å². The quantitative estimate of drug-likeness (QED) is 0.822. The van der Waals surface area contributed by atoms with Gasteiger partial charge in [0.25, 0.3) is 5.91 Å². The molecular formula is C21H25N3O3. The number of carbonyl (C=O) groups excluding carboxylic acids is 2. The van der Waals surface area contributed by atoms with Gasteiger partial charge in [0.2, 0.25) is 5.91 Å². The Morgan fingerprint density at radius 3 is 2.56 bits per heavy atom. The van der Waals surface area contributed by atoms with E-state index in [9.17, 15) is 9.59 Å². The van der Waals surface area contributed by atoms with Crippen molar-refractivity contribution in [1.29, 1.82) is 0 Å². The highest BCUT2D eigenvalue weighted by Gasteiger charge is 2.18. The molecule has 6 heteroatoms. The summed E-state index contributed by atoms with van der Waals surface area (Å²) in [4.78, 5) is 28.0. The number of benzene rings is 1. The maximum absolute atomic E-state index is 12.4. The molecule has 3 rings (SSSR count). The predicted molar refractivity (Wildman–Crippen MR) is 103 cm³/mol. The number of aryl methyl sites for hydroxylation is 1. The molecule has 0 aliphatic carbocycles. The van der Waals surface area contributed by atoms with Crippen LogP contribution in [0.2, 0.25) is 0 Å². The summed E-state index contributed by atoms with van der Waals surface area (Å²) in [6.07, 6.45) is 2.17. The van der Waals surface area contributed by atoms with Crippen molar-refractivity contribution in [1.82, 2.24) is 15.6 Å². The number of aromatic nitrogens is 1. The zero-order valence-corrected chi connectivity index (χ0v) is 15.7. The zero-order chi connectivity index (χ0) is 19.2. The van der Waals surface area contributed by atoms with E-state index in [2.05, 4.69) is 15.6 Å². The number of ether oxygens (including phenoxy) is 1. The van der Waals surface area contributed by atoms with E-state index in [1.165, 1.54) is 6.92 Å². The minimum atomic E-state index is -0.118. The van der Waals surface area contributed by atoms with Gasteiger partial charge in [0.05, 0.1) is 23.1 Å². The molecule has 1 aromatic heterocycles. The maximum Gasteiger partial charge on any atom is 0.253 e. The maximum atomic E-state index is 12.4. The third kappa shape index (κ3) is 5.14. The highest BCUT2D eigenvalue weighted by Crippen LogP contribution is 2.20. The number of amides is 2. The number of nitrogens with one attached hydrogen (secondary N) is 2. The Morgan fingerprint density at radius 1 is 1.15 bits per heavy atom. The van der Waals surface area contributed by atoms with E-state index in [1.54, 1.807) is 0 Å². The predicted octanol–water partition coefficient (Wildman–Crippen LogP) is 2.60. The van der Waals surface area contributed by atoms with Gasteiger partial charge in [-0.05, 0) is 37.5 Å². The van der Waals surface area contributed by atoms with Crippen molar-refractivity contribution < 1.29 is 14.3 Å². The third-order valence-corrected chi connectivity index (χ3v) is 4.64. The number of rotatable bonds is 6. The van der Waals surface area contributed by atoms with E-state index in [1.807, 2.05) is 43.3 Å². The van der Waals surface area contributed by atoms with Crippen molar-refractivity contribution in [3.8, 4) is 11.3 Å². The van der Waals surface area contributed by atoms with E-state index in [0.717, 1.165) is 36.3 Å². The Kier molecular flexibility index (Phi) is 6.19. The van der Waals surface area contributed by atoms with E-state index in [-0.39, 0.29) is 17.9 Å². The number of nitrogens with zero attached hydrogens (tertiary/aromatic N) is 1. The van der Waals surface area contributed by atoms with Gasteiger partial charge in [-0.1, -0.05) is 24.3 Å². The first kappa shape index (κ1) is 19.0. The molecule has 1 atom stereocenters. The van der Waals surface area contributed by atoms with Crippen LogP contribution in [0.25, 0.3) is 11.3 Å². The molecule has 2 heterocycles. The molecule has 2 amide bonds. The highest BCUT2D eigenvalue weighted by atomic mass is 16.5. The molecule has 0 spiro atoms. The van der Waals surface area contributed by atoms with Crippen LogP contribution in [0.5, 0.6) is 0 Å². The lowest BCUT2D eigenvalue weighted by molar-refractivity contribution is -0.119. The molecule has 1 saturated heterocycles. The molecule has 2 N–H and O–H groups in total. The number of pyridine rings is 1. The van der Waals surface area contributed by atoms with Crippen LogP contribution in [0.3, 0.4) is 0 Å². The molecule has 0 bridgehead atoms. The van der Waals surface area contributed by atoms with Gasteiger partial charge in [0, 0.05) is 32.2 Å². The van der Waals surface area contributed by atoms with Gasteiger partial charge in [0.1, 0.15) is 0 Å². The lowest BCUT2D eigenvalue weighted by Gasteiger charge is -2.12. The Bertz CT molecular complexity index is 812. The fourth-order valence-corrected chi connectivity index (χ4v) is 3.09. The second kappa shape index (κ2) is 8.77. The van der Waals surface area contributed by atoms with Crippen LogP contribution in [-0.4, -0.2) is 36.1 Å². The van der Waals surface area contributed by atoms with Crippen LogP contribution in [0.4, 0.5) is 0 Å². The molecule has 1 aromatic carbocycles. The molecule has 27 heavy (non-hydrogen) atoms. The largest absolute Gasteiger partial charge is 0.376 e. The van der Waals surface area contributed by atoms with Crippen molar-refractivity contribution in [2.45, 2.75) is 39.3 Å². The Hall–Kier alpha value is -2.73. The number of hydrogen-bond donors (Lipinski definition) is 2. The van der Waals surface area contributed by atoms with Crippen LogP contribution >= 0.6 is 0 Å². The van der Waals surface area contributed by atoms with Crippen LogP contribution in [0.1, 0.15) is 41.4 Å². The summed E-state index contributed by atoms with van der Waals surface area (Å²) in [5, 5.41) is 5.71. The molecule has 1 fully saturated rings. The van der Waals surface area contributed by atoms with E-state index in [0.29, 0.717) is 24.3 Å². The first-order valence-corrected chi connectivity index (χ1v) is 9.24. The normalized spacial score (nSPS) is 16.1. The summed E-state index contributed by atoms with van der Waals surface area (Å²) in [5.41, 5.74) is 4.08. The van der Waals surface area contributed by atoms with Crippen molar-refractivity contribution in [2.24, 2.45) is 0 Å². The average Bonchev–Trinajstić information content (AvgIpc) is 3.18. The molecule has 2 aromatic rings. The number of carbonyl (C=O) groups is 2. The SMILES string of the molecule is CC(=O)NCc1ccc(-c2ccc(C(=O)NCC3CCCO3)c(C)n2)cc1. The van der Waals surface area contributed by atoms with Crippen molar-refractivity contribution in [3.63, 3.8) is 0 Å². The summed E-state index contributed by atoms with van der Waals surface area (Å²) >= 11 is 0. The topological polar surface area (TPSA) is 80.3 Å². The monoisotopic (exact) mass is 367 g/mol. The standard InChI is InChI=1S/C21H25N3O3/c1-14-19(21(26)23-13-18-4-3-11-27-18)9-10-20(24-14)17-7-5-16(6-8-17)12-22-15(2)25/h5-10,18H,3-4,11-13H2,1-2H3,(H,22,25)(H,23,26). The van der Waals surface area contributed by atoms with Crippen LogP contribution in [0.15, 0.2) is 36.4 Å². The van der Waals surface area contributed by atoms with Crippen molar-refractivity contribution in [2.75, 3.05) is 13.2 Å². The van der Waals surface area contributed by atoms with Crippen molar-refractivity contribution in [3.05, 3.63) is 53.2 Å². The summed E-state index contributed by atoms with van der Waals surface area (Å²) in [6.45, 7) is 5.16. The van der Waals surface area contributed by atoms with Crippen LogP contribution in [0, 0.1) is 6.92 Å². The highest BCUT2D eigenvalue weighted by molar-refractivity contribution is 5.95. The second-order valence-electron chi connectivity index (χ2n) is 6.78. The molecular weight excluding hydrogens is 342 g/mol. The van der Waals surface area contributed by atoms with Gasteiger partial charge < -0.3 is 15.4 Å². The van der Waals surface area contributed by atoms with Gasteiger partial charge in [0.15, 0.2) is 0 Å². The van der Waals surface area contributed by atoms with Crippen LogP contribution in [-0.2, 0) is 16.1 Å². The third-order valence-electron chi connectivity index (χ3n) is 4.64. The van der Waals surface area contributed by atoms with Gasteiger partial charge in [-0.25, -0.2) is 0 Å². The first-order chi connectivity index (χ1) is 13.0.